The number of benzene rings is 2. The van der Waals surface area contributed by atoms with Gasteiger partial charge in [-0.15, -0.1) is 0 Å². The van der Waals surface area contributed by atoms with Gasteiger partial charge in [-0.1, -0.05) is 13.0 Å². The largest absolute Gasteiger partial charge is 0.469 e. The molecule has 0 N–H and O–H groups in total. The van der Waals surface area contributed by atoms with Gasteiger partial charge < -0.3 is 33.2 Å². The maximum absolute atomic E-state index is 13.9. The molecule has 0 amide bonds. The van der Waals surface area contributed by atoms with Gasteiger partial charge in [-0.25, -0.2) is 8.42 Å². The Labute approximate surface area is 206 Å². The summed E-state index contributed by atoms with van der Waals surface area (Å²) in [6, 6.07) is 7.99. The van der Waals surface area contributed by atoms with Crippen LogP contribution in [0.25, 0.3) is 0 Å². The Balaban J connectivity index is 1.75. The summed E-state index contributed by atoms with van der Waals surface area (Å²) < 4.78 is 66.6. The number of sulfone groups is 1. The molecule has 4 aliphatic heterocycles. The van der Waals surface area contributed by atoms with Crippen LogP contribution in [-0.2, 0) is 44.2 Å². The number of esters is 2. The van der Waals surface area contributed by atoms with Crippen LogP contribution >= 0.6 is 0 Å². The third-order valence-corrected chi connectivity index (χ3v) is 9.58. The van der Waals surface area contributed by atoms with Gasteiger partial charge in [0.15, 0.2) is 32.8 Å². The van der Waals surface area contributed by atoms with Gasteiger partial charge in [0, 0.05) is 11.1 Å². The highest BCUT2D eigenvalue weighted by atomic mass is 32.2. The molecule has 4 atom stereocenters. The van der Waals surface area contributed by atoms with E-state index in [-0.39, 0.29) is 24.9 Å². The average Bonchev–Trinajstić information content (AvgIpc) is 3.66. The molecule has 2 bridgehead atoms. The zero-order valence-electron chi connectivity index (χ0n) is 19.6. The van der Waals surface area contributed by atoms with Gasteiger partial charge in [0.05, 0.1) is 20.0 Å². The highest BCUT2D eigenvalue weighted by Crippen LogP contribution is 2.70. The number of hydrogen-bond acceptors (Lipinski definition) is 11. The van der Waals surface area contributed by atoms with Crippen LogP contribution in [0.2, 0.25) is 0 Å². The molecule has 0 saturated carbocycles. The van der Waals surface area contributed by atoms with E-state index in [1.807, 2.05) is 0 Å². The maximum Gasteiger partial charge on any atom is 0.314 e. The molecule has 1 fully saturated rings. The lowest BCUT2D eigenvalue weighted by atomic mass is 9.65. The van der Waals surface area contributed by atoms with Gasteiger partial charge in [0.2, 0.25) is 18.5 Å². The Morgan fingerprint density at radius 2 is 1.42 bits per heavy atom. The second-order valence-electron chi connectivity index (χ2n) is 8.73. The van der Waals surface area contributed by atoms with Gasteiger partial charge in [-0.05, 0) is 29.8 Å². The lowest BCUT2D eigenvalue weighted by Crippen LogP contribution is -2.51. The van der Waals surface area contributed by atoms with Crippen LogP contribution in [0, 0.1) is 11.8 Å². The van der Waals surface area contributed by atoms with Crippen LogP contribution in [0.5, 0.6) is 23.0 Å². The number of fused-ring (bicyclic) bond motifs is 7. The van der Waals surface area contributed by atoms with Crippen molar-refractivity contribution in [2.24, 2.45) is 11.8 Å². The predicted octanol–water partition coefficient (Wildman–Crippen LogP) is 1.60. The summed E-state index contributed by atoms with van der Waals surface area (Å²) in [4.78, 5) is 24.5. The van der Waals surface area contributed by atoms with E-state index in [4.69, 9.17) is 33.2 Å². The number of hydrogen-bond donors (Lipinski definition) is 0. The monoisotopic (exact) mass is 518 g/mol. The van der Waals surface area contributed by atoms with E-state index in [0.29, 0.717) is 34.1 Å². The Morgan fingerprint density at radius 1 is 0.861 bits per heavy atom. The molecule has 0 aliphatic carbocycles. The highest BCUT2D eigenvalue weighted by molar-refractivity contribution is 7.92. The lowest BCUT2D eigenvalue weighted by Gasteiger charge is -2.37. The number of ether oxygens (including phenoxy) is 7. The second kappa shape index (κ2) is 7.50. The van der Waals surface area contributed by atoms with Crippen LogP contribution in [0.4, 0.5) is 0 Å². The molecular formula is C24H22O11S. The summed E-state index contributed by atoms with van der Waals surface area (Å²) in [5.41, 5.74) is -0.854. The fraction of sp³-hybridized carbons (Fsp3) is 0.417. The molecular weight excluding hydrogens is 496 g/mol. The van der Waals surface area contributed by atoms with E-state index in [1.165, 1.54) is 13.0 Å². The topological polar surface area (TPSA) is 133 Å². The van der Waals surface area contributed by atoms with E-state index in [0.717, 1.165) is 14.2 Å². The van der Waals surface area contributed by atoms with Crippen molar-refractivity contribution in [2.45, 2.75) is 17.5 Å². The molecule has 0 aromatic heterocycles. The van der Waals surface area contributed by atoms with Gasteiger partial charge in [0.25, 0.3) is 0 Å². The summed E-state index contributed by atoms with van der Waals surface area (Å²) >= 11 is 0. The molecule has 4 aliphatic rings. The third kappa shape index (κ3) is 2.57. The average molecular weight is 518 g/mol. The quantitative estimate of drug-likeness (QED) is 0.535. The van der Waals surface area contributed by atoms with Gasteiger partial charge in [0.1, 0.15) is 17.4 Å². The molecule has 11 nitrogen and oxygen atoms in total. The van der Waals surface area contributed by atoms with Crippen molar-refractivity contribution in [3.63, 3.8) is 0 Å². The molecule has 2 unspecified atom stereocenters. The fourth-order valence-corrected chi connectivity index (χ4v) is 7.62. The molecule has 36 heavy (non-hydrogen) atoms. The molecule has 6 rings (SSSR count). The minimum atomic E-state index is -4.22. The van der Waals surface area contributed by atoms with Crippen molar-refractivity contribution in [2.75, 3.05) is 33.6 Å². The van der Waals surface area contributed by atoms with E-state index in [1.54, 1.807) is 24.3 Å². The number of methoxy groups -OCH3 is 2. The van der Waals surface area contributed by atoms with Crippen LogP contribution in [0.1, 0.15) is 23.6 Å². The second-order valence-corrected chi connectivity index (χ2v) is 11.1. The zero-order chi connectivity index (χ0) is 25.5. The lowest BCUT2D eigenvalue weighted by molar-refractivity contribution is -0.159. The molecule has 2 aromatic carbocycles. The van der Waals surface area contributed by atoms with E-state index in [2.05, 4.69) is 0 Å². The van der Waals surface area contributed by atoms with Crippen LogP contribution in [-0.4, -0.2) is 53.9 Å². The maximum atomic E-state index is 13.9. The summed E-state index contributed by atoms with van der Waals surface area (Å²) in [6.45, 7) is 1.38. The van der Waals surface area contributed by atoms with Crippen molar-refractivity contribution in [3.8, 4) is 23.0 Å². The first-order chi connectivity index (χ1) is 17.2. The number of carbonyl (C=O) groups excluding carboxylic acids is 2. The molecule has 0 spiro atoms. The van der Waals surface area contributed by atoms with Crippen molar-refractivity contribution < 1.29 is 51.2 Å². The van der Waals surface area contributed by atoms with Crippen molar-refractivity contribution >= 4 is 21.8 Å². The normalized spacial score (nSPS) is 28.6. The molecule has 190 valence electrons. The van der Waals surface area contributed by atoms with E-state index >= 15 is 0 Å². The summed E-state index contributed by atoms with van der Waals surface area (Å²) in [5.74, 6) is -3.60. The summed E-state index contributed by atoms with van der Waals surface area (Å²) in [6.07, 6.45) is 0. The van der Waals surface area contributed by atoms with Gasteiger partial charge in [-0.2, -0.15) is 0 Å². The van der Waals surface area contributed by atoms with Gasteiger partial charge >= 0.3 is 11.9 Å². The Hall–Kier alpha value is -3.51. The SMILES string of the molecule is CCS(=O)(=O)[C@@]12O[C@@](c3ccc4c(c3)OCO4)(c3cc4c(cc31)OCO4)C(C(=O)OC)C2C(=O)OC. The molecule has 2 aromatic rings. The fourth-order valence-electron chi connectivity index (χ4n) is 5.81. The van der Waals surface area contributed by atoms with Crippen LogP contribution in [0.15, 0.2) is 30.3 Å². The van der Waals surface area contributed by atoms with Crippen molar-refractivity contribution in [1.29, 1.82) is 0 Å². The highest BCUT2D eigenvalue weighted by Gasteiger charge is 2.79. The van der Waals surface area contributed by atoms with Crippen molar-refractivity contribution in [1.82, 2.24) is 0 Å². The predicted molar refractivity (Wildman–Crippen MR) is 119 cm³/mol. The minimum Gasteiger partial charge on any atom is -0.469 e. The molecule has 0 radical (unpaired) electrons. The number of rotatable bonds is 5. The first-order valence-corrected chi connectivity index (χ1v) is 12.8. The summed E-state index contributed by atoms with van der Waals surface area (Å²) in [7, 11) is -1.93. The Kier molecular flexibility index (Phi) is 4.77. The third-order valence-electron chi connectivity index (χ3n) is 7.34. The standard InChI is InChI=1S/C24H22O11S/c1-4-36(27,28)24-14-9-18-17(33-11-34-18)8-13(14)23(35-24,12-5-6-15-16(7-12)32-10-31-15)19(21(25)29-2)20(24)22(26)30-3/h5-9,19-20H,4,10-11H2,1-3H3/t19?,20?,23-,24-/m0/s1. The minimum absolute atomic E-state index is 0.00127. The Morgan fingerprint density at radius 3 is 2.03 bits per heavy atom. The van der Waals surface area contributed by atoms with Crippen LogP contribution in [0.3, 0.4) is 0 Å². The zero-order valence-corrected chi connectivity index (χ0v) is 20.4. The summed E-state index contributed by atoms with van der Waals surface area (Å²) in [5, 5.41) is 0. The first kappa shape index (κ1) is 22.9. The van der Waals surface area contributed by atoms with Gasteiger partial charge in [-0.3, -0.25) is 9.59 Å². The molecule has 12 heteroatoms. The molecule has 4 heterocycles. The van der Waals surface area contributed by atoms with E-state index in [9.17, 15) is 18.0 Å². The Bertz CT molecular complexity index is 1420. The smallest absolute Gasteiger partial charge is 0.314 e. The van der Waals surface area contributed by atoms with Crippen molar-refractivity contribution in [3.05, 3.63) is 47.0 Å². The van der Waals surface area contributed by atoms with Crippen LogP contribution < -0.4 is 18.9 Å². The van der Waals surface area contributed by atoms with E-state index < -0.39 is 44.1 Å². The first-order valence-electron chi connectivity index (χ1n) is 11.2. The molecule has 1 saturated heterocycles. The number of carbonyl (C=O) groups is 2.